The van der Waals surface area contributed by atoms with Crippen LogP contribution in [0.15, 0.2) is 64.7 Å². The zero-order valence-corrected chi connectivity index (χ0v) is 25.3. The van der Waals surface area contributed by atoms with Crippen molar-refractivity contribution >= 4 is 29.2 Å². The molecule has 1 aliphatic rings. The monoisotopic (exact) mass is 610 g/mol. The zero-order chi connectivity index (χ0) is 29.8. The Morgan fingerprint density at radius 3 is 2.50 bits per heavy atom. The molecule has 2 N–H and O–H groups in total. The van der Waals surface area contributed by atoms with Gasteiger partial charge in [-0.1, -0.05) is 35.5 Å². The van der Waals surface area contributed by atoms with Crippen LogP contribution in [0.25, 0.3) is 5.69 Å². The highest BCUT2D eigenvalue weighted by atomic mass is 35.5. The number of rotatable bonds is 10. The van der Waals surface area contributed by atoms with Gasteiger partial charge in [-0.2, -0.15) is 0 Å². The van der Waals surface area contributed by atoms with Crippen molar-refractivity contribution in [3.8, 4) is 5.69 Å². The molecule has 4 nitrogen and oxygen atoms in total. The molecule has 5 rings (SSSR count). The number of imidazole rings is 1. The van der Waals surface area contributed by atoms with Gasteiger partial charge in [0.1, 0.15) is 17.5 Å². The minimum atomic E-state index is -0.564. The molecule has 0 saturated heterocycles. The number of thioether (sulfide) groups is 1. The smallest absolute Gasteiger partial charge is 0.173 e. The third-order valence-corrected chi connectivity index (χ3v) is 9.24. The number of halogens is 4. The molecule has 220 valence electrons. The fourth-order valence-electron chi connectivity index (χ4n) is 5.57. The summed E-state index contributed by atoms with van der Waals surface area (Å²) in [7, 11) is 1.65. The number of aryl methyl sites for hydroxylation is 3. The Hall–Kier alpha value is -3.23. The van der Waals surface area contributed by atoms with Crippen molar-refractivity contribution in [1.82, 2.24) is 9.55 Å². The largest absolute Gasteiger partial charge is 0.387 e. The fraction of sp³-hybridized carbons (Fsp3) is 0.333. The van der Waals surface area contributed by atoms with E-state index in [0.717, 1.165) is 60.3 Å². The van der Waals surface area contributed by atoms with Gasteiger partial charge in [-0.05, 0) is 105 Å². The molecule has 0 amide bonds. The second kappa shape index (κ2) is 13.4. The van der Waals surface area contributed by atoms with Gasteiger partial charge in [-0.3, -0.25) is 9.56 Å². The van der Waals surface area contributed by atoms with Crippen molar-refractivity contribution < 1.29 is 13.2 Å². The van der Waals surface area contributed by atoms with E-state index >= 15 is 8.78 Å². The van der Waals surface area contributed by atoms with Gasteiger partial charge in [0.25, 0.3) is 0 Å². The number of benzene rings is 3. The molecular weight excluding hydrogens is 577 g/mol. The molecule has 3 aromatic carbocycles. The van der Waals surface area contributed by atoms with E-state index in [1.54, 1.807) is 19.2 Å². The minimum Gasteiger partial charge on any atom is -0.387 e. The third-order valence-electron chi connectivity index (χ3n) is 7.85. The molecule has 1 aromatic heterocycles. The van der Waals surface area contributed by atoms with Crippen LogP contribution in [0, 0.1) is 24.4 Å². The van der Waals surface area contributed by atoms with Crippen LogP contribution in [0.2, 0.25) is 5.02 Å². The highest BCUT2D eigenvalue weighted by Crippen LogP contribution is 2.42. The van der Waals surface area contributed by atoms with E-state index in [1.807, 2.05) is 23.6 Å². The number of hydrogen-bond acceptors (Lipinski definition) is 3. The van der Waals surface area contributed by atoms with Crippen molar-refractivity contribution in [2.24, 2.45) is 10.7 Å². The van der Waals surface area contributed by atoms with Crippen LogP contribution in [0.5, 0.6) is 0 Å². The Labute approximate surface area is 254 Å². The highest BCUT2D eigenvalue weighted by molar-refractivity contribution is 7.98. The number of unbranched alkanes of at least 4 members (excludes halogenated alkanes) is 1. The fourth-order valence-corrected chi connectivity index (χ4v) is 6.75. The lowest BCUT2D eigenvalue weighted by atomic mass is 9.83. The molecule has 9 heteroatoms. The van der Waals surface area contributed by atoms with E-state index in [4.69, 9.17) is 22.3 Å². The number of amidine groups is 1. The molecule has 0 aliphatic heterocycles. The predicted molar refractivity (Wildman–Crippen MR) is 166 cm³/mol. The van der Waals surface area contributed by atoms with Gasteiger partial charge in [0, 0.05) is 41.4 Å². The van der Waals surface area contributed by atoms with Crippen LogP contribution in [0.1, 0.15) is 71.7 Å². The molecule has 0 fully saturated rings. The average molecular weight is 611 g/mol. The summed E-state index contributed by atoms with van der Waals surface area (Å²) in [6, 6.07) is 15.2. The van der Waals surface area contributed by atoms with Gasteiger partial charge in [0.15, 0.2) is 5.16 Å². The van der Waals surface area contributed by atoms with Crippen LogP contribution in [0.4, 0.5) is 13.2 Å². The Bertz CT molecular complexity index is 1580. The first kappa shape index (κ1) is 30.2. The van der Waals surface area contributed by atoms with Crippen molar-refractivity contribution in [3.63, 3.8) is 0 Å². The Kier molecular flexibility index (Phi) is 9.63. The second-order valence-corrected chi connectivity index (χ2v) is 12.1. The standard InChI is InChI=1S/C33H34ClF3N4S/c1-20-16-22(10-15-27(20)34)25-7-5-8-30-32(25)41(24-13-11-23(35)12-14-24)33(40-30)42-19-26-28(36)17-21(18-29(26)37)6-3-4-9-31(38)39-2/h10-18,25H,3-9,19H2,1-2H3,(H2,38,39). The number of nitrogens with zero attached hydrogens (tertiary/aromatic N) is 3. The Balaban J connectivity index is 1.44. The van der Waals surface area contributed by atoms with Crippen molar-refractivity contribution in [3.05, 3.63) is 111 Å². The SMILES string of the molecule is C/N=C(\N)CCCCc1cc(F)c(CSc2nc3c(n2-c2ccc(F)cc2)C(c2ccc(Cl)c(C)c2)CCC3)c(F)c1. The van der Waals surface area contributed by atoms with Crippen LogP contribution >= 0.6 is 23.4 Å². The topological polar surface area (TPSA) is 56.2 Å². The van der Waals surface area contributed by atoms with Crippen LogP contribution in [-0.2, 0) is 18.6 Å². The van der Waals surface area contributed by atoms with Crippen LogP contribution in [-0.4, -0.2) is 22.4 Å². The quantitative estimate of drug-likeness (QED) is 0.0845. The molecule has 0 radical (unpaired) electrons. The molecular formula is C33H34ClF3N4S. The van der Waals surface area contributed by atoms with Crippen molar-refractivity contribution in [1.29, 1.82) is 0 Å². The summed E-state index contributed by atoms with van der Waals surface area (Å²) < 4.78 is 46.3. The summed E-state index contributed by atoms with van der Waals surface area (Å²) in [5.74, 6) is -0.752. The van der Waals surface area contributed by atoms with E-state index in [1.165, 1.54) is 36.0 Å². The predicted octanol–water partition coefficient (Wildman–Crippen LogP) is 8.71. The van der Waals surface area contributed by atoms with Gasteiger partial charge < -0.3 is 5.73 Å². The van der Waals surface area contributed by atoms with Gasteiger partial charge in [0.05, 0.1) is 17.2 Å². The molecule has 1 heterocycles. The van der Waals surface area contributed by atoms with Crippen molar-refractivity contribution in [2.45, 2.75) is 68.7 Å². The van der Waals surface area contributed by atoms with Gasteiger partial charge in [0.2, 0.25) is 0 Å². The van der Waals surface area contributed by atoms with Gasteiger partial charge >= 0.3 is 0 Å². The molecule has 1 unspecified atom stereocenters. The first-order valence-corrected chi connectivity index (χ1v) is 15.6. The summed E-state index contributed by atoms with van der Waals surface area (Å²) in [5.41, 5.74) is 11.2. The molecule has 4 aromatic rings. The molecule has 0 bridgehead atoms. The zero-order valence-electron chi connectivity index (χ0n) is 23.8. The van der Waals surface area contributed by atoms with E-state index < -0.39 is 11.6 Å². The lowest BCUT2D eigenvalue weighted by molar-refractivity contribution is 0.561. The van der Waals surface area contributed by atoms with Gasteiger partial charge in [-0.15, -0.1) is 0 Å². The van der Waals surface area contributed by atoms with Crippen LogP contribution in [0.3, 0.4) is 0 Å². The second-order valence-electron chi connectivity index (χ2n) is 10.7. The Morgan fingerprint density at radius 2 is 1.81 bits per heavy atom. The lowest BCUT2D eigenvalue weighted by Crippen LogP contribution is -2.15. The molecule has 42 heavy (non-hydrogen) atoms. The normalized spacial score (nSPS) is 15.2. The lowest BCUT2D eigenvalue weighted by Gasteiger charge is -2.25. The van der Waals surface area contributed by atoms with Crippen LogP contribution < -0.4 is 5.73 Å². The number of hydrogen-bond donors (Lipinski definition) is 1. The van der Waals surface area contributed by atoms with E-state index in [2.05, 4.69) is 11.1 Å². The molecule has 0 spiro atoms. The first-order chi connectivity index (χ1) is 20.2. The van der Waals surface area contributed by atoms with Crippen molar-refractivity contribution in [2.75, 3.05) is 7.05 Å². The third kappa shape index (κ3) is 6.70. The maximum absolute atomic E-state index is 15.2. The average Bonchev–Trinajstić information content (AvgIpc) is 3.35. The molecule has 1 atom stereocenters. The number of fused-ring (bicyclic) bond motifs is 1. The highest BCUT2D eigenvalue weighted by Gasteiger charge is 2.30. The summed E-state index contributed by atoms with van der Waals surface area (Å²) in [6.45, 7) is 1.99. The maximum Gasteiger partial charge on any atom is 0.173 e. The van der Waals surface area contributed by atoms with E-state index in [9.17, 15) is 4.39 Å². The van der Waals surface area contributed by atoms with E-state index in [0.29, 0.717) is 34.4 Å². The summed E-state index contributed by atoms with van der Waals surface area (Å²) >= 11 is 7.61. The summed E-state index contributed by atoms with van der Waals surface area (Å²) in [6.07, 6.45) is 5.48. The minimum absolute atomic E-state index is 0.0163. The molecule has 0 saturated carbocycles. The number of aliphatic imine (C=N–C) groups is 1. The number of aromatic nitrogens is 2. The summed E-state index contributed by atoms with van der Waals surface area (Å²) in [4.78, 5) is 8.91. The Morgan fingerprint density at radius 1 is 1.07 bits per heavy atom. The maximum atomic E-state index is 15.2. The molecule has 1 aliphatic carbocycles. The first-order valence-electron chi connectivity index (χ1n) is 14.2. The van der Waals surface area contributed by atoms with E-state index in [-0.39, 0.29) is 23.1 Å². The summed E-state index contributed by atoms with van der Waals surface area (Å²) in [5, 5.41) is 1.34. The van der Waals surface area contributed by atoms with Gasteiger partial charge in [-0.25, -0.2) is 18.2 Å². The number of nitrogens with two attached hydrogens (primary N) is 1.